The summed E-state index contributed by atoms with van der Waals surface area (Å²) in [5, 5.41) is 37.2. The Balaban J connectivity index is 1.19. The van der Waals surface area contributed by atoms with Crippen molar-refractivity contribution in [1.29, 1.82) is 0 Å². The number of nitrogens with two attached hydrogens (primary N) is 1. The van der Waals surface area contributed by atoms with E-state index in [9.17, 15) is 29.7 Å². The molecule has 1 saturated heterocycles. The van der Waals surface area contributed by atoms with Crippen LogP contribution >= 0.6 is 0 Å². The number of aromatic nitrogens is 4. The first-order chi connectivity index (χ1) is 23.7. The quantitative estimate of drug-likeness (QED) is 0.0537. The van der Waals surface area contributed by atoms with Crippen LogP contribution in [0.1, 0.15) is 70.1 Å². The fourth-order valence-corrected chi connectivity index (χ4v) is 5.89. The Hall–Kier alpha value is -4.38. The zero-order valence-electron chi connectivity index (χ0n) is 27.6. The molecule has 4 rings (SSSR count). The molecule has 3 heterocycles. The number of aliphatic hydroxyl groups excluding tert-OH is 2. The highest BCUT2D eigenvalue weighted by Gasteiger charge is 2.45. The van der Waals surface area contributed by atoms with Gasteiger partial charge >= 0.3 is 12.1 Å². The number of alkyl carbamates (subject to hydrolysis) is 1. The van der Waals surface area contributed by atoms with Crippen molar-refractivity contribution in [2.24, 2.45) is 11.8 Å². The summed E-state index contributed by atoms with van der Waals surface area (Å²) < 4.78 is 17.9. The minimum atomic E-state index is -1.23. The number of amides is 1. The largest absolute Gasteiger partial charge is 0.481 e. The van der Waals surface area contributed by atoms with Crippen molar-refractivity contribution < 1.29 is 43.9 Å². The first-order valence-corrected chi connectivity index (χ1v) is 16.6. The number of unbranched alkanes of at least 4 members (excludes halogenated alkanes) is 1. The monoisotopic (exact) mass is 685 g/mol. The van der Waals surface area contributed by atoms with Crippen LogP contribution in [0.15, 0.2) is 43.0 Å². The number of hydrogen-bond donors (Lipinski definition) is 6. The number of aliphatic carboxylic acids is 1. The van der Waals surface area contributed by atoms with Gasteiger partial charge in [-0.05, 0) is 69.5 Å². The second-order valence-corrected chi connectivity index (χ2v) is 12.4. The molecule has 1 aromatic carbocycles. The number of carboxylic acid groups (broad SMARTS) is 1. The van der Waals surface area contributed by atoms with Crippen molar-refractivity contribution in [3.63, 3.8) is 0 Å². The van der Waals surface area contributed by atoms with E-state index in [-0.39, 0.29) is 18.3 Å². The summed E-state index contributed by atoms with van der Waals surface area (Å²) in [7, 11) is 0. The van der Waals surface area contributed by atoms with Gasteiger partial charge in [-0.3, -0.25) is 19.5 Å². The van der Waals surface area contributed by atoms with Crippen molar-refractivity contribution in [3.05, 3.63) is 48.5 Å². The summed E-state index contributed by atoms with van der Waals surface area (Å²) >= 11 is 0. The van der Waals surface area contributed by atoms with Gasteiger partial charge in [-0.15, -0.1) is 0 Å². The maximum atomic E-state index is 12.1. The summed E-state index contributed by atoms with van der Waals surface area (Å²) in [5.41, 5.74) is 7.49. The van der Waals surface area contributed by atoms with Crippen molar-refractivity contribution >= 4 is 35.5 Å². The molecule has 268 valence electrons. The fraction of sp³-hybridized carbons (Fsp3) is 0.576. The first kappa shape index (κ1) is 37.4. The van der Waals surface area contributed by atoms with Crippen molar-refractivity contribution in [1.82, 2.24) is 30.2 Å². The number of imidazole rings is 1. The number of aliphatic hydroxyl groups is 2. The zero-order valence-corrected chi connectivity index (χ0v) is 27.6. The van der Waals surface area contributed by atoms with Crippen LogP contribution in [0.3, 0.4) is 0 Å². The number of nitrogens with zero attached hydrogens (tertiary/aromatic N) is 4. The summed E-state index contributed by atoms with van der Waals surface area (Å²) in [6.45, 7) is 3.50. The lowest BCUT2D eigenvalue weighted by molar-refractivity contribution is -0.141. The molecule has 0 saturated carbocycles. The maximum Gasteiger partial charge on any atom is 0.410 e. The number of carboxylic acids is 1. The lowest BCUT2D eigenvalue weighted by atomic mass is 9.87. The van der Waals surface area contributed by atoms with Gasteiger partial charge in [-0.25, -0.2) is 19.7 Å². The normalized spacial score (nSPS) is 20.8. The Kier molecular flexibility index (Phi) is 14.5. The second-order valence-electron chi connectivity index (χ2n) is 12.4. The second kappa shape index (κ2) is 19.0. The minimum Gasteiger partial charge on any atom is -0.481 e. The number of carbonyl (C=O) groups excluding carboxylic acids is 2. The highest BCUT2D eigenvalue weighted by molar-refractivity contribution is 5.81. The number of anilines is 1. The number of ether oxygens (including phenoxy) is 3. The van der Waals surface area contributed by atoms with E-state index in [0.29, 0.717) is 62.8 Å². The molecule has 1 unspecified atom stereocenters. The Morgan fingerprint density at radius 2 is 1.82 bits per heavy atom. The van der Waals surface area contributed by atoms with Crippen molar-refractivity contribution in [2.45, 2.75) is 95.7 Å². The first-order valence-electron chi connectivity index (χ1n) is 16.6. The Morgan fingerprint density at radius 3 is 2.57 bits per heavy atom. The van der Waals surface area contributed by atoms with E-state index in [1.54, 1.807) is 6.92 Å². The lowest BCUT2D eigenvalue weighted by Crippen LogP contribution is -2.37. The van der Waals surface area contributed by atoms with Crippen LogP contribution in [0.5, 0.6) is 0 Å². The van der Waals surface area contributed by atoms with Crippen LogP contribution in [0.2, 0.25) is 0 Å². The molecule has 16 heteroatoms. The summed E-state index contributed by atoms with van der Waals surface area (Å²) in [4.78, 5) is 46.9. The molecule has 1 aliphatic heterocycles. The Morgan fingerprint density at radius 1 is 1.04 bits per heavy atom. The molecule has 0 spiro atoms. The van der Waals surface area contributed by atoms with Crippen LogP contribution in [-0.4, -0.2) is 91.0 Å². The molecular weight excluding hydrogens is 638 g/mol. The van der Waals surface area contributed by atoms with E-state index in [4.69, 9.17) is 19.9 Å². The van der Waals surface area contributed by atoms with Crippen molar-refractivity contribution in [2.75, 3.05) is 18.8 Å². The van der Waals surface area contributed by atoms with Crippen molar-refractivity contribution in [3.8, 4) is 0 Å². The number of fused-ring (bicyclic) bond motifs is 1. The fourth-order valence-electron chi connectivity index (χ4n) is 5.89. The molecule has 0 aliphatic carbocycles. The molecule has 1 fully saturated rings. The van der Waals surface area contributed by atoms with E-state index >= 15 is 0 Å². The standard InChI is InChI=1S/C33H47N7O9/c1-21(32(44)45)12-13-22(16-24-27(42)28(43)31(49-24)40-19-38-26-29(34)36-18-37-30(26)40)10-7-15-35-14-6-5-11-25(48-20-41)39-33(46)47-17-23-8-3-2-4-9-23/h2-4,8-9,18-22,24-25,27-28,31,35,42-43H,5-7,10-17H2,1H3,(H,39,46)(H,44,45)(H2,34,36,37)/t21-,22-,24+,25+,27-,28?,31+/m0/s1. The topological polar surface area (TPSA) is 233 Å². The summed E-state index contributed by atoms with van der Waals surface area (Å²) in [6.07, 6.45) is 2.26. The van der Waals surface area contributed by atoms with Gasteiger partial charge in [0.1, 0.15) is 30.7 Å². The predicted octanol–water partition coefficient (Wildman–Crippen LogP) is 2.50. The molecule has 7 N–H and O–H groups in total. The molecule has 3 aromatic rings. The Bertz CT molecular complexity index is 1480. The summed E-state index contributed by atoms with van der Waals surface area (Å²) in [6, 6.07) is 9.25. The van der Waals surface area contributed by atoms with Gasteiger partial charge in [0.2, 0.25) is 0 Å². The SMILES string of the molecule is C[C@@H](CC[C@H](CCCNCCCC[C@H](NC(=O)OCc1ccccc1)OC=O)C[C@H]1O[C@@H](n2cnc3c(N)ncnc32)C(O)[C@H]1O)C(=O)O. The van der Waals surface area contributed by atoms with E-state index in [2.05, 4.69) is 25.6 Å². The van der Waals surface area contributed by atoms with Crippen LogP contribution in [0.25, 0.3) is 11.2 Å². The van der Waals surface area contributed by atoms with Gasteiger partial charge in [0.15, 0.2) is 23.9 Å². The average molecular weight is 686 g/mol. The lowest BCUT2D eigenvalue weighted by Gasteiger charge is -2.23. The highest BCUT2D eigenvalue weighted by atomic mass is 16.6. The number of nitrogens with one attached hydrogen (secondary N) is 2. The maximum absolute atomic E-state index is 12.1. The highest BCUT2D eigenvalue weighted by Crippen LogP contribution is 2.36. The third kappa shape index (κ3) is 11.1. The van der Waals surface area contributed by atoms with Gasteiger partial charge < -0.3 is 40.6 Å². The molecule has 49 heavy (non-hydrogen) atoms. The van der Waals surface area contributed by atoms with Crippen LogP contribution in [0.4, 0.5) is 10.6 Å². The van der Waals surface area contributed by atoms with Crippen LogP contribution in [-0.2, 0) is 30.4 Å². The van der Waals surface area contributed by atoms with Gasteiger partial charge in [-0.1, -0.05) is 37.3 Å². The predicted molar refractivity (Wildman–Crippen MR) is 176 cm³/mol. The molecule has 7 atom stereocenters. The van der Waals surface area contributed by atoms with Gasteiger partial charge in [0.05, 0.1) is 18.3 Å². The summed E-state index contributed by atoms with van der Waals surface area (Å²) in [5.74, 6) is -1.13. The van der Waals surface area contributed by atoms with E-state index in [1.165, 1.54) is 17.2 Å². The molecular formula is C33H47N7O9. The molecule has 2 aromatic heterocycles. The average Bonchev–Trinajstić information content (AvgIpc) is 3.64. The molecule has 1 aliphatic rings. The van der Waals surface area contributed by atoms with Gasteiger partial charge in [0.25, 0.3) is 6.47 Å². The molecule has 0 bridgehead atoms. The smallest absolute Gasteiger partial charge is 0.410 e. The van der Waals surface area contributed by atoms with E-state index in [0.717, 1.165) is 24.8 Å². The third-order valence-electron chi connectivity index (χ3n) is 8.74. The molecule has 1 amide bonds. The number of hydrogen-bond acceptors (Lipinski definition) is 13. The third-order valence-corrected chi connectivity index (χ3v) is 8.74. The number of benzene rings is 1. The van der Waals surface area contributed by atoms with E-state index in [1.807, 2.05) is 30.3 Å². The zero-order chi connectivity index (χ0) is 35.2. The van der Waals surface area contributed by atoms with Gasteiger partial charge in [-0.2, -0.15) is 0 Å². The Labute approximate surface area is 284 Å². The molecule has 0 radical (unpaired) electrons. The van der Waals surface area contributed by atoms with Crippen LogP contribution in [0, 0.1) is 11.8 Å². The van der Waals surface area contributed by atoms with Crippen LogP contribution < -0.4 is 16.4 Å². The minimum absolute atomic E-state index is 0.0423. The van der Waals surface area contributed by atoms with Gasteiger partial charge in [0, 0.05) is 6.42 Å². The number of nitrogen functional groups attached to an aromatic ring is 1. The molecule has 16 nitrogen and oxygen atoms in total. The number of carbonyl (C=O) groups is 3. The number of rotatable bonds is 21. The van der Waals surface area contributed by atoms with E-state index < -0.39 is 48.7 Å².